The van der Waals surface area contributed by atoms with Gasteiger partial charge in [0.25, 0.3) is 0 Å². The first-order chi connectivity index (χ1) is 9.71. The molecule has 3 unspecified atom stereocenters. The van der Waals surface area contributed by atoms with Gasteiger partial charge in [0.1, 0.15) is 5.75 Å². The maximum absolute atomic E-state index is 5.40. The second-order valence-corrected chi connectivity index (χ2v) is 6.62. The van der Waals surface area contributed by atoms with Crippen LogP contribution in [-0.4, -0.2) is 14.2 Å². The molecule has 1 N–H and O–H groups in total. The summed E-state index contributed by atoms with van der Waals surface area (Å²) in [6.07, 6.45) is 6.74. The van der Waals surface area contributed by atoms with Crippen LogP contribution < -0.4 is 10.1 Å². The van der Waals surface area contributed by atoms with Crippen LogP contribution in [0.3, 0.4) is 0 Å². The Kier molecular flexibility index (Phi) is 5.91. The first kappa shape index (κ1) is 15.8. The van der Waals surface area contributed by atoms with Gasteiger partial charge in [-0.3, -0.25) is 0 Å². The summed E-state index contributed by atoms with van der Waals surface area (Å²) >= 11 is 3.71. The van der Waals surface area contributed by atoms with Gasteiger partial charge in [-0.05, 0) is 49.1 Å². The van der Waals surface area contributed by atoms with E-state index in [9.17, 15) is 0 Å². The molecular weight excluding hydrogens is 314 g/mol. The maximum Gasteiger partial charge on any atom is 0.119 e. The van der Waals surface area contributed by atoms with E-state index in [0.29, 0.717) is 6.04 Å². The molecule has 0 aromatic heterocycles. The molecular formula is C17H26BrNO. The average molecular weight is 340 g/mol. The highest BCUT2D eigenvalue weighted by Crippen LogP contribution is 2.42. The third kappa shape index (κ3) is 3.37. The zero-order valence-electron chi connectivity index (χ0n) is 12.8. The molecule has 2 nitrogen and oxygen atoms in total. The van der Waals surface area contributed by atoms with Crippen LogP contribution in [-0.2, 0) is 0 Å². The molecule has 1 aliphatic carbocycles. The minimum absolute atomic E-state index is 0.407. The molecule has 1 aliphatic rings. The quantitative estimate of drug-likeness (QED) is 0.820. The topological polar surface area (TPSA) is 21.3 Å². The van der Waals surface area contributed by atoms with E-state index < -0.39 is 0 Å². The van der Waals surface area contributed by atoms with Crippen LogP contribution >= 0.6 is 15.9 Å². The number of hydrogen-bond donors (Lipinski definition) is 1. The molecule has 20 heavy (non-hydrogen) atoms. The first-order valence-corrected chi connectivity index (χ1v) is 8.51. The SMILES string of the molecule is CCC1CCCCC1C(NC)c1cc(OC)ccc1Br. The Bertz CT molecular complexity index is 435. The van der Waals surface area contributed by atoms with E-state index in [0.717, 1.165) is 17.6 Å². The second-order valence-electron chi connectivity index (χ2n) is 5.77. The van der Waals surface area contributed by atoms with Crippen LogP contribution in [0.1, 0.15) is 50.6 Å². The van der Waals surface area contributed by atoms with Gasteiger partial charge >= 0.3 is 0 Å². The zero-order valence-corrected chi connectivity index (χ0v) is 14.4. The number of hydrogen-bond acceptors (Lipinski definition) is 2. The van der Waals surface area contributed by atoms with Gasteiger partial charge in [0.05, 0.1) is 7.11 Å². The van der Waals surface area contributed by atoms with Crippen molar-refractivity contribution in [2.24, 2.45) is 11.8 Å². The molecule has 1 fully saturated rings. The number of rotatable bonds is 5. The summed E-state index contributed by atoms with van der Waals surface area (Å²) in [6, 6.07) is 6.69. The smallest absolute Gasteiger partial charge is 0.119 e. The largest absolute Gasteiger partial charge is 0.497 e. The Hall–Kier alpha value is -0.540. The number of nitrogens with one attached hydrogen (secondary N) is 1. The van der Waals surface area contributed by atoms with Crippen LogP contribution in [0, 0.1) is 11.8 Å². The molecule has 0 spiro atoms. The monoisotopic (exact) mass is 339 g/mol. The summed E-state index contributed by atoms with van der Waals surface area (Å²) < 4.78 is 6.58. The van der Waals surface area contributed by atoms with Gasteiger partial charge < -0.3 is 10.1 Å². The van der Waals surface area contributed by atoms with Gasteiger partial charge in [0.2, 0.25) is 0 Å². The lowest BCUT2D eigenvalue weighted by Crippen LogP contribution is -2.32. The van der Waals surface area contributed by atoms with E-state index in [1.54, 1.807) is 7.11 Å². The molecule has 2 rings (SSSR count). The average Bonchev–Trinajstić information content (AvgIpc) is 2.50. The fourth-order valence-corrected chi connectivity index (χ4v) is 4.16. The highest BCUT2D eigenvalue weighted by atomic mass is 79.9. The molecule has 3 heteroatoms. The summed E-state index contributed by atoms with van der Waals surface area (Å²) in [4.78, 5) is 0. The van der Waals surface area contributed by atoms with Crippen molar-refractivity contribution in [1.82, 2.24) is 5.32 Å². The first-order valence-electron chi connectivity index (χ1n) is 7.72. The summed E-state index contributed by atoms with van der Waals surface area (Å²) in [5, 5.41) is 3.56. The molecule has 0 aliphatic heterocycles. The molecule has 1 saturated carbocycles. The second kappa shape index (κ2) is 7.46. The minimum Gasteiger partial charge on any atom is -0.497 e. The highest BCUT2D eigenvalue weighted by molar-refractivity contribution is 9.10. The van der Waals surface area contributed by atoms with Gasteiger partial charge in [0.15, 0.2) is 0 Å². The number of ether oxygens (including phenoxy) is 1. The Morgan fingerprint density at radius 2 is 2.10 bits per heavy atom. The van der Waals surface area contributed by atoms with E-state index in [1.165, 1.54) is 42.1 Å². The fourth-order valence-electron chi connectivity index (χ4n) is 3.67. The van der Waals surface area contributed by atoms with Gasteiger partial charge in [0, 0.05) is 10.5 Å². The Morgan fingerprint density at radius 3 is 2.75 bits per heavy atom. The van der Waals surface area contributed by atoms with Crippen molar-refractivity contribution in [2.45, 2.75) is 45.1 Å². The van der Waals surface area contributed by atoms with Gasteiger partial charge in [-0.25, -0.2) is 0 Å². The summed E-state index contributed by atoms with van der Waals surface area (Å²) in [6.45, 7) is 2.33. The van der Waals surface area contributed by atoms with Gasteiger partial charge in [-0.1, -0.05) is 48.5 Å². The molecule has 0 bridgehead atoms. The van der Waals surface area contributed by atoms with Crippen molar-refractivity contribution >= 4 is 15.9 Å². The van der Waals surface area contributed by atoms with E-state index >= 15 is 0 Å². The molecule has 0 amide bonds. The van der Waals surface area contributed by atoms with Crippen LogP contribution in [0.4, 0.5) is 0 Å². The lowest BCUT2D eigenvalue weighted by Gasteiger charge is -2.37. The molecule has 0 saturated heterocycles. The summed E-state index contributed by atoms with van der Waals surface area (Å²) in [7, 11) is 3.81. The Labute approximate surface area is 131 Å². The summed E-state index contributed by atoms with van der Waals surface area (Å²) in [5.74, 6) is 2.49. The van der Waals surface area contributed by atoms with E-state index in [1.807, 2.05) is 6.07 Å². The number of benzene rings is 1. The summed E-state index contributed by atoms with van der Waals surface area (Å²) in [5.41, 5.74) is 1.33. The third-order valence-electron chi connectivity index (χ3n) is 4.77. The van der Waals surface area contributed by atoms with Crippen LogP contribution in [0.25, 0.3) is 0 Å². The molecule has 0 heterocycles. The van der Waals surface area contributed by atoms with Crippen molar-refractivity contribution in [3.8, 4) is 5.75 Å². The van der Waals surface area contributed by atoms with Crippen LogP contribution in [0.15, 0.2) is 22.7 Å². The highest BCUT2D eigenvalue weighted by Gasteiger charge is 2.31. The van der Waals surface area contributed by atoms with E-state index in [-0.39, 0.29) is 0 Å². The lowest BCUT2D eigenvalue weighted by molar-refractivity contribution is 0.180. The molecule has 0 radical (unpaired) electrons. The van der Waals surface area contributed by atoms with Crippen molar-refractivity contribution in [2.75, 3.05) is 14.2 Å². The Balaban J connectivity index is 2.30. The molecule has 1 aromatic carbocycles. The predicted octanol–water partition coefficient (Wildman–Crippen LogP) is 4.93. The molecule has 3 atom stereocenters. The van der Waals surface area contributed by atoms with Crippen molar-refractivity contribution in [1.29, 1.82) is 0 Å². The third-order valence-corrected chi connectivity index (χ3v) is 5.49. The van der Waals surface area contributed by atoms with Gasteiger partial charge in [-0.2, -0.15) is 0 Å². The Morgan fingerprint density at radius 1 is 1.35 bits per heavy atom. The fraction of sp³-hybridized carbons (Fsp3) is 0.647. The van der Waals surface area contributed by atoms with Crippen LogP contribution in [0.5, 0.6) is 5.75 Å². The normalized spacial score (nSPS) is 24.4. The molecule has 112 valence electrons. The van der Waals surface area contributed by atoms with E-state index in [2.05, 4.69) is 47.4 Å². The van der Waals surface area contributed by atoms with Gasteiger partial charge in [-0.15, -0.1) is 0 Å². The molecule has 1 aromatic rings. The number of halogens is 1. The lowest BCUT2D eigenvalue weighted by atomic mass is 9.72. The minimum atomic E-state index is 0.407. The van der Waals surface area contributed by atoms with Crippen LogP contribution in [0.2, 0.25) is 0 Å². The number of methoxy groups -OCH3 is 1. The van der Waals surface area contributed by atoms with Crippen molar-refractivity contribution in [3.63, 3.8) is 0 Å². The predicted molar refractivity (Wildman–Crippen MR) is 88.2 cm³/mol. The zero-order chi connectivity index (χ0) is 14.5. The van der Waals surface area contributed by atoms with E-state index in [4.69, 9.17) is 4.74 Å². The van der Waals surface area contributed by atoms with Crippen molar-refractivity contribution < 1.29 is 4.74 Å². The van der Waals surface area contributed by atoms with Crippen molar-refractivity contribution in [3.05, 3.63) is 28.2 Å². The maximum atomic E-state index is 5.40. The standard InChI is InChI=1S/C17H26BrNO/c1-4-12-7-5-6-8-14(12)17(19-2)15-11-13(20-3)9-10-16(15)18/h9-12,14,17,19H,4-8H2,1-3H3.